The molecule has 1 N–H and O–H groups in total. The van der Waals surface area contributed by atoms with E-state index < -0.39 is 0 Å². The van der Waals surface area contributed by atoms with Crippen molar-refractivity contribution in [2.45, 2.75) is 12.8 Å². The predicted molar refractivity (Wildman–Crippen MR) is 105 cm³/mol. The highest BCUT2D eigenvalue weighted by Gasteiger charge is 2.38. The van der Waals surface area contributed by atoms with Gasteiger partial charge >= 0.3 is 5.97 Å². The molecule has 3 aliphatic heterocycles. The van der Waals surface area contributed by atoms with E-state index in [2.05, 4.69) is 10.2 Å². The van der Waals surface area contributed by atoms with Gasteiger partial charge in [-0.2, -0.15) is 0 Å². The van der Waals surface area contributed by atoms with Gasteiger partial charge in [-0.25, -0.2) is 4.79 Å². The third-order valence-corrected chi connectivity index (χ3v) is 5.78. The van der Waals surface area contributed by atoms with E-state index in [-0.39, 0.29) is 17.8 Å². The van der Waals surface area contributed by atoms with Crippen molar-refractivity contribution in [1.82, 2.24) is 4.90 Å². The molecule has 0 aromatic heterocycles. The Morgan fingerprint density at radius 1 is 0.963 bits per heavy atom. The summed E-state index contributed by atoms with van der Waals surface area (Å²) in [6, 6.07) is 15.1. The van der Waals surface area contributed by atoms with Gasteiger partial charge in [0.25, 0.3) is 0 Å². The number of hydrogen-bond donors (Lipinski definition) is 1. The second-order valence-electron chi connectivity index (χ2n) is 7.38. The van der Waals surface area contributed by atoms with Crippen LogP contribution in [0.25, 0.3) is 11.1 Å². The first-order valence-electron chi connectivity index (χ1n) is 9.46. The maximum absolute atomic E-state index is 12.7. The molecule has 5 rings (SSSR count). The van der Waals surface area contributed by atoms with Gasteiger partial charge < -0.3 is 15.0 Å². The van der Waals surface area contributed by atoms with E-state index in [0.717, 1.165) is 49.3 Å². The first-order chi connectivity index (χ1) is 13.1. The van der Waals surface area contributed by atoms with Gasteiger partial charge in [0, 0.05) is 12.2 Å². The van der Waals surface area contributed by atoms with Crippen LogP contribution in [0, 0.1) is 11.8 Å². The molecular weight excluding hydrogens is 340 g/mol. The molecule has 0 unspecified atom stereocenters. The molecule has 1 amide bonds. The number of nitrogens with one attached hydrogen (secondary N) is 1. The molecule has 2 aromatic rings. The third kappa shape index (κ3) is 3.74. The summed E-state index contributed by atoms with van der Waals surface area (Å²) in [5, 5.41) is 3.08. The van der Waals surface area contributed by atoms with Crippen LogP contribution in [0.5, 0.6) is 0 Å². The number of carbonyl (C=O) groups is 2. The number of rotatable bonds is 4. The largest absolute Gasteiger partial charge is 0.465 e. The van der Waals surface area contributed by atoms with Gasteiger partial charge in [0.05, 0.1) is 18.6 Å². The molecule has 3 heterocycles. The van der Waals surface area contributed by atoms with Crippen molar-refractivity contribution in [1.29, 1.82) is 0 Å². The summed E-state index contributed by atoms with van der Waals surface area (Å²) in [6.07, 6.45) is 2.27. The van der Waals surface area contributed by atoms with Gasteiger partial charge in [0.1, 0.15) is 0 Å². The number of esters is 1. The van der Waals surface area contributed by atoms with E-state index in [1.807, 2.05) is 36.4 Å². The molecule has 3 fully saturated rings. The van der Waals surface area contributed by atoms with Crippen LogP contribution in [-0.4, -0.2) is 43.5 Å². The topological polar surface area (TPSA) is 58.6 Å². The quantitative estimate of drug-likeness (QED) is 0.845. The van der Waals surface area contributed by atoms with E-state index in [4.69, 9.17) is 4.74 Å². The highest BCUT2D eigenvalue weighted by atomic mass is 16.5. The van der Waals surface area contributed by atoms with Crippen molar-refractivity contribution >= 4 is 17.6 Å². The Hall–Kier alpha value is -2.66. The number of benzene rings is 2. The summed E-state index contributed by atoms with van der Waals surface area (Å²) in [4.78, 5) is 26.6. The summed E-state index contributed by atoms with van der Waals surface area (Å²) in [5.41, 5.74) is 3.40. The predicted octanol–water partition coefficient (Wildman–Crippen LogP) is 3.42. The van der Waals surface area contributed by atoms with Crippen LogP contribution in [-0.2, 0) is 9.53 Å². The fourth-order valence-electron chi connectivity index (χ4n) is 4.16. The van der Waals surface area contributed by atoms with Crippen LogP contribution in [0.2, 0.25) is 0 Å². The van der Waals surface area contributed by atoms with Gasteiger partial charge in [-0.3, -0.25) is 4.79 Å². The fraction of sp³-hybridized carbons (Fsp3) is 0.364. The maximum Gasteiger partial charge on any atom is 0.337 e. The molecule has 5 nitrogen and oxygen atoms in total. The Morgan fingerprint density at radius 2 is 1.56 bits per heavy atom. The number of carbonyl (C=O) groups excluding carboxylic acids is 2. The average molecular weight is 364 g/mol. The zero-order chi connectivity index (χ0) is 18.8. The van der Waals surface area contributed by atoms with Crippen molar-refractivity contribution in [3.05, 3.63) is 54.1 Å². The Morgan fingerprint density at radius 3 is 2.07 bits per heavy atom. The molecule has 140 valence electrons. The maximum atomic E-state index is 12.7. The molecule has 3 aliphatic rings. The number of amides is 1. The van der Waals surface area contributed by atoms with Gasteiger partial charge in [-0.05, 0) is 67.2 Å². The number of anilines is 1. The van der Waals surface area contributed by atoms with E-state index in [1.165, 1.54) is 7.11 Å². The van der Waals surface area contributed by atoms with Crippen LogP contribution < -0.4 is 5.32 Å². The number of ether oxygens (including phenoxy) is 1. The minimum absolute atomic E-state index is 0.109. The summed E-state index contributed by atoms with van der Waals surface area (Å²) >= 11 is 0. The molecule has 0 spiro atoms. The van der Waals surface area contributed by atoms with Crippen molar-refractivity contribution in [3.8, 4) is 11.1 Å². The first kappa shape index (κ1) is 17.7. The van der Waals surface area contributed by atoms with E-state index in [0.29, 0.717) is 11.5 Å². The molecular formula is C22H24N2O3. The molecule has 2 aromatic carbocycles. The van der Waals surface area contributed by atoms with Crippen molar-refractivity contribution < 1.29 is 14.3 Å². The molecule has 0 saturated carbocycles. The van der Waals surface area contributed by atoms with Crippen LogP contribution in [0.15, 0.2) is 48.5 Å². The molecule has 0 radical (unpaired) electrons. The summed E-state index contributed by atoms with van der Waals surface area (Å²) in [5.74, 6) is 0.438. The molecule has 3 saturated heterocycles. The fourth-order valence-corrected chi connectivity index (χ4v) is 4.16. The minimum Gasteiger partial charge on any atom is -0.465 e. The monoisotopic (exact) mass is 364 g/mol. The zero-order valence-electron chi connectivity index (χ0n) is 15.5. The number of hydrogen-bond acceptors (Lipinski definition) is 4. The minimum atomic E-state index is -0.340. The zero-order valence-corrected chi connectivity index (χ0v) is 15.5. The Balaban J connectivity index is 1.41. The normalized spacial score (nSPS) is 23.7. The van der Waals surface area contributed by atoms with Crippen LogP contribution in [0.3, 0.4) is 0 Å². The second kappa shape index (κ2) is 7.53. The summed E-state index contributed by atoms with van der Waals surface area (Å²) in [6.45, 7) is 3.16. The Kier molecular flexibility index (Phi) is 4.94. The lowest BCUT2D eigenvalue weighted by Gasteiger charge is -2.43. The second-order valence-corrected chi connectivity index (χ2v) is 7.38. The van der Waals surface area contributed by atoms with Crippen LogP contribution >= 0.6 is 0 Å². The standard InChI is InChI=1S/C22H24N2O3/c1-27-22(26)18-4-2-15(3-5-18)16-6-8-19(9-7-16)23-21(25)20-14-24-12-10-17(20)11-13-24/h2-9,17,20H,10-14H2,1H3,(H,23,25)/t20-/m0/s1. The van der Waals surface area contributed by atoms with E-state index in [9.17, 15) is 9.59 Å². The lowest BCUT2D eigenvalue weighted by Crippen LogP contribution is -2.51. The van der Waals surface area contributed by atoms with Crippen LogP contribution in [0.4, 0.5) is 5.69 Å². The highest BCUT2D eigenvalue weighted by molar-refractivity contribution is 5.93. The van der Waals surface area contributed by atoms with Crippen molar-refractivity contribution in [2.24, 2.45) is 11.8 Å². The molecule has 1 atom stereocenters. The van der Waals surface area contributed by atoms with Gasteiger partial charge in [0.15, 0.2) is 0 Å². The van der Waals surface area contributed by atoms with Gasteiger partial charge in [-0.15, -0.1) is 0 Å². The van der Waals surface area contributed by atoms with Crippen LogP contribution in [0.1, 0.15) is 23.2 Å². The highest BCUT2D eigenvalue weighted by Crippen LogP contribution is 2.33. The lowest BCUT2D eigenvalue weighted by atomic mass is 9.78. The summed E-state index contributed by atoms with van der Waals surface area (Å²) < 4.78 is 4.72. The lowest BCUT2D eigenvalue weighted by molar-refractivity contribution is -0.125. The molecule has 0 aliphatic carbocycles. The van der Waals surface area contributed by atoms with Gasteiger partial charge in [-0.1, -0.05) is 24.3 Å². The van der Waals surface area contributed by atoms with E-state index >= 15 is 0 Å². The van der Waals surface area contributed by atoms with Crippen molar-refractivity contribution in [2.75, 3.05) is 32.1 Å². The molecule has 2 bridgehead atoms. The number of methoxy groups -OCH3 is 1. The molecule has 27 heavy (non-hydrogen) atoms. The summed E-state index contributed by atoms with van der Waals surface area (Å²) in [7, 11) is 1.37. The number of piperidine rings is 3. The first-order valence-corrected chi connectivity index (χ1v) is 9.46. The third-order valence-electron chi connectivity index (χ3n) is 5.78. The van der Waals surface area contributed by atoms with E-state index in [1.54, 1.807) is 12.1 Å². The number of fused-ring (bicyclic) bond motifs is 3. The average Bonchev–Trinajstić information content (AvgIpc) is 2.74. The smallest absolute Gasteiger partial charge is 0.337 e. The number of nitrogens with zero attached hydrogens (tertiary/aromatic N) is 1. The molecule has 5 heteroatoms. The SMILES string of the molecule is COC(=O)c1ccc(-c2ccc(NC(=O)[C@H]3CN4CCC3CC4)cc2)cc1. The van der Waals surface area contributed by atoms with Gasteiger partial charge in [0.2, 0.25) is 5.91 Å². The Bertz CT molecular complexity index is 822. The van der Waals surface area contributed by atoms with Crippen molar-refractivity contribution in [3.63, 3.8) is 0 Å². The Labute approximate surface area is 159 Å².